The zero-order valence-corrected chi connectivity index (χ0v) is 19.4. The van der Waals surface area contributed by atoms with Crippen molar-refractivity contribution in [2.75, 3.05) is 5.32 Å². The molecule has 0 aliphatic heterocycles. The lowest BCUT2D eigenvalue weighted by atomic mass is 10.0. The molecule has 172 valence electrons. The van der Waals surface area contributed by atoms with Crippen LogP contribution in [0.15, 0.2) is 60.8 Å². The number of anilines is 1. The van der Waals surface area contributed by atoms with Gasteiger partial charge < -0.3 is 15.4 Å². The van der Waals surface area contributed by atoms with Crippen molar-refractivity contribution in [3.05, 3.63) is 71.5 Å². The summed E-state index contributed by atoms with van der Waals surface area (Å²) < 4.78 is 5.34. The van der Waals surface area contributed by atoms with Crippen LogP contribution in [0.2, 0.25) is 5.15 Å². The number of amides is 2. The molecule has 1 heterocycles. The number of hydrogen-bond acceptors (Lipinski definition) is 5. The Morgan fingerprint density at radius 2 is 1.73 bits per heavy atom. The Morgan fingerprint density at radius 3 is 2.45 bits per heavy atom. The first-order valence-electron chi connectivity index (χ1n) is 10.6. The molecule has 0 bridgehead atoms. The maximum Gasteiger partial charge on any atom is 0.329 e. The number of halogens is 1. The number of carbonyl (C=O) groups excluding carboxylic acids is 3. The number of hydrogen-bond donors (Lipinski definition) is 2. The molecule has 3 aromatic rings. The van der Waals surface area contributed by atoms with Gasteiger partial charge in [-0.1, -0.05) is 67.9 Å². The summed E-state index contributed by atoms with van der Waals surface area (Å²) >= 11 is 5.95. The van der Waals surface area contributed by atoms with Crippen molar-refractivity contribution >= 4 is 45.8 Å². The number of fused-ring (bicyclic) bond motifs is 1. The highest BCUT2D eigenvalue weighted by molar-refractivity contribution is 6.32. The molecule has 2 amide bonds. The maximum atomic E-state index is 12.8. The Morgan fingerprint density at radius 1 is 1.00 bits per heavy atom. The van der Waals surface area contributed by atoms with Crippen LogP contribution in [0.3, 0.4) is 0 Å². The number of aromatic nitrogens is 1. The van der Waals surface area contributed by atoms with E-state index in [1.165, 1.54) is 13.1 Å². The van der Waals surface area contributed by atoms with Gasteiger partial charge in [-0.15, -0.1) is 0 Å². The van der Waals surface area contributed by atoms with Crippen molar-refractivity contribution in [2.24, 2.45) is 5.92 Å². The molecule has 1 aromatic heterocycles. The zero-order valence-electron chi connectivity index (χ0n) is 18.7. The van der Waals surface area contributed by atoms with Crippen LogP contribution in [-0.4, -0.2) is 34.9 Å². The second-order valence-electron chi connectivity index (χ2n) is 8.01. The molecule has 0 spiro atoms. The van der Waals surface area contributed by atoms with E-state index in [2.05, 4.69) is 15.6 Å². The van der Waals surface area contributed by atoms with E-state index in [1.54, 1.807) is 26.0 Å². The third-order valence-corrected chi connectivity index (χ3v) is 5.45. The lowest BCUT2D eigenvalue weighted by Gasteiger charge is -2.23. The molecule has 0 unspecified atom stereocenters. The molecular weight excluding hydrogens is 442 g/mol. The first-order chi connectivity index (χ1) is 15.8. The third kappa shape index (κ3) is 6.29. The van der Waals surface area contributed by atoms with Gasteiger partial charge >= 0.3 is 5.97 Å². The third-order valence-electron chi connectivity index (χ3n) is 5.15. The Balaban J connectivity index is 1.63. The molecule has 8 heteroatoms. The quantitative estimate of drug-likeness (QED) is 0.383. The minimum Gasteiger partial charge on any atom is -0.451 e. The summed E-state index contributed by atoms with van der Waals surface area (Å²) in [6.45, 7) is 5.04. The summed E-state index contributed by atoms with van der Waals surface area (Å²) in [6.07, 6.45) is 0.521. The lowest BCUT2D eigenvalue weighted by molar-refractivity contribution is -0.157. The van der Waals surface area contributed by atoms with E-state index in [0.717, 1.165) is 16.3 Å². The largest absolute Gasteiger partial charge is 0.451 e. The number of ether oxygens (including phenoxy) is 1. The summed E-state index contributed by atoms with van der Waals surface area (Å²) in [5, 5.41) is 7.48. The number of esters is 1. The fourth-order valence-corrected chi connectivity index (χ4v) is 3.52. The normalized spacial score (nSPS) is 12.8. The molecule has 0 radical (unpaired) electrons. The topological polar surface area (TPSA) is 97.4 Å². The SMILES string of the molecule is CC(C)[C@@H](NC(=O)Cc1cccc2ccccc12)C(=O)O[C@H](C)C(=O)Nc1cccnc1Cl. The molecule has 0 fully saturated rings. The van der Waals surface area contributed by atoms with Crippen LogP contribution in [0.5, 0.6) is 0 Å². The first-order valence-corrected chi connectivity index (χ1v) is 11.0. The van der Waals surface area contributed by atoms with E-state index in [0.29, 0.717) is 5.69 Å². The van der Waals surface area contributed by atoms with E-state index in [4.69, 9.17) is 16.3 Å². The van der Waals surface area contributed by atoms with Crippen LogP contribution in [0.25, 0.3) is 10.8 Å². The summed E-state index contributed by atoms with van der Waals surface area (Å²) in [6, 6.07) is 15.9. The van der Waals surface area contributed by atoms with E-state index in [9.17, 15) is 14.4 Å². The van der Waals surface area contributed by atoms with Gasteiger partial charge in [0, 0.05) is 6.20 Å². The van der Waals surface area contributed by atoms with Gasteiger partial charge in [0.15, 0.2) is 11.3 Å². The van der Waals surface area contributed by atoms with Gasteiger partial charge in [0.05, 0.1) is 12.1 Å². The molecule has 2 aromatic carbocycles. The van der Waals surface area contributed by atoms with Crippen molar-refractivity contribution in [3.8, 4) is 0 Å². The van der Waals surface area contributed by atoms with Gasteiger partial charge in [-0.05, 0) is 41.3 Å². The minimum absolute atomic E-state index is 0.118. The molecule has 2 N–H and O–H groups in total. The number of rotatable bonds is 8. The standard InChI is InChI=1S/C25H26ClN3O4/c1-15(2)22(25(32)33-16(3)24(31)28-20-12-7-13-27-23(20)26)29-21(30)14-18-10-6-9-17-8-4-5-11-19(17)18/h4-13,15-16,22H,14H2,1-3H3,(H,28,31)(H,29,30)/t16-,22-/m1/s1. The molecule has 0 aliphatic rings. The molecule has 0 aliphatic carbocycles. The van der Waals surface area contributed by atoms with Gasteiger partial charge in [0.25, 0.3) is 5.91 Å². The smallest absolute Gasteiger partial charge is 0.329 e. The Kier molecular flexibility index (Phi) is 8.01. The fourth-order valence-electron chi connectivity index (χ4n) is 3.36. The second kappa shape index (κ2) is 10.9. The molecule has 33 heavy (non-hydrogen) atoms. The van der Waals surface area contributed by atoms with E-state index in [-0.39, 0.29) is 23.4 Å². The van der Waals surface area contributed by atoms with Crippen LogP contribution in [-0.2, 0) is 25.5 Å². The predicted molar refractivity (Wildman–Crippen MR) is 128 cm³/mol. The zero-order chi connectivity index (χ0) is 24.0. The van der Waals surface area contributed by atoms with Crippen LogP contribution in [0.1, 0.15) is 26.3 Å². The lowest BCUT2D eigenvalue weighted by Crippen LogP contribution is -2.47. The van der Waals surface area contributed by atoms with Gasteiger partial charge in [-0.2, -0.15) is 0 Å². The van der Waals surface area contributed by atoms with Crippen LogP contribution >= 0.6 is 11.6 Å². The Labute approximate surface area is 197 Å². The molecule has 0 saturated carbocycles. The summed E-state index contributed by atoms with van der Waals surface area (Å²) in [7, 11) is 0. The Hall–Kier alpha value is -3.45. The highest BCUT2D eigenvalue weighted by Crippen LogP contribution is 2.20. The van der Waals surface area contributed by atoms with Crippen molar-refractivity contribution in [3.63, 3.8) is 0 Å². The average Bonchev–Trinajstić information content (AvgIpc) is 2.79. The highest BCUT2D eigenvalue weighted by Gasteiger charge is 2.29. The van der Waals surface area contributed by atoms with Gasteiger partial charge in [0.1, 0.15) is 6.04 Å². The monoisotopic (exact) mass is 467 g/mol. The summed E-state index contributed by atoms with van der Waals surface area (Å²) in [4.78, 5) is 41.8. The average molecular weight is 468 g/mol. The predicted octanol–water partition coefficient (Wildman–Crippen LogP) is 4.14. The number of carbonyl (C=O) groups is 3. The van der Waals surface area contributed by atoms with E-state index >= 15 is 0 Å². The first kappa shape index (κ1) is 24.2. The van der Waals surface area contributed by atoms with Crippen molar-refractivity contribution in [1.29, 1.82) is 0 Å². The van der Waals surface area contributed by atoms with Crippen molar-refractivity contribution < 1.29 is 19.1 Å². The number of benzene rings is 2. The number of pyridine rings is 1. The molecule has 3 rings (SSSR count). The van der Waals surface area contributed by atoms with E-state index < -0.39 is 24.0 Å². The highest BCUT2D eigenvalue weighted by atomic mass is 35.5. The fraction of sp³-hybridized carbons (Fsp3) is 0.280. The summed E-state index contributed by atoms with van der Waals surface area (Å²) in [5.74, 6) is -1.78. The second-order valence-corrected chi connectivity index (χ2v) is 8.37. The van der Waals surface area contributed by atoms with Gasteiger partial charge in [0.2, 0.25) is 5.91 Å². The van der Waals surface area contributed by atoms with Crippen molar-refractivity contribution in [2.45, 2.75) is 39.3 Å². The van der Waals surface area contributed by atoms with Crippen LogP contribution in [0, 0.1) is 5.92 Å². The molecule has 7 nitrogen and oxygen atoms in total. The maximum absolute atomic E-state index is 12.8. The minimum atomic E-state index is -1.09. The molecular formula is C25H26ClN3O4. The van der Waals surface area contributed by atoms with Gasteiger partial charge in [-0.25, -0.2) is 9.78 Å². The number of nitrogens with one attached hydrogen (secondary N) is 2. The van der Waals surface area contributed by atoms with E-state index in [1.807, 2.05) is 42.5 Å². The van der Waals surface area contributed by atoms with Crippen LogP contribution in [0.4, 0.5) is 5.69 Å². The molecule has 2 atom stereocenters. The van der Waals surface area contributed by atoms with Crippen LogP contribution < -0.4 is 10.6 Å². The van der Waals surface area contributed by atoms with Crippen molar-refractivity contribution in [1.82, 2.24) is 10.3 Å². The Bertz CT molecular complexity index is 1160. The molecule has 0 saturated heterocycles. The summed E-state index contributed by atoms with van der Waals surface area (Å²) in [5.41, 5.74) is 1.18. The number of nitrogens with zero attached hydrogens (tertiary/aromatic N) is 1. The van der Waals surface area contributed by atoms with Gasteiger partial charge in [-0.3, -0.25) is 9.59 Å².